The van der Waals surface area contributed by atoms with Crippen LogP contribution in [-0.4, -0.2) is 53.4 Å². The number of aliphatic imine (C=N–C) groups is 1. The van der Waals surface area contributed by atoms with Crippen LogP contribution in [0.1, 0.15) is 127 Å². The van der Waals surface area contributed by atoms with Crippen LogP contribution in [0.3, 0.4) is 0 Å². The van der Waals surface area contributed by atoms with Gasteiger partial charge in [-0.1, -0.05) is 103 Å². The van der Waals surface area contributed by atoms with Crippen molar-refractivity contribution in [2.75, 3.05) is 26.2 Å². The first-order chi connectivity index (χ1) is 21.3. The minimum absolute atomic E-state index is 0.222. The number of unbranched alkanes of at least 4 members (excludes halogenated alkanes) is 2. The normalized spacial score (nSPS) is 15.5. The first-order valence-corrected chi connectivity index (χ1v) is 17.7. The topological polar surface area (TPSA) is 45.1 Å². The standard InChI is InChI=1S/C25H43N3O2.C9H11Cl.C5H12/c1-10-13-14-26-20(5)23(22(12-3)19(4)11-2)21(6)27-15-17-28(18-16-27)24(29)30-25(7,8)9;1-2-4-8-5-3-6-9(10)7-8;1-3-5-4-2/h12-14,19H,10-11,15-18H2,1-9H3;3,5-7H,2,4H2,1H3;3-5H2,1-2H3/b14-13+,22-12-,23-21-,26-20+;;. The number of ether oxygens (including phenoxy) is 1. The van der Waals surface area contributed by atoms with Gasteiger partial charge in [-0.15, -0.1) is 0 Å². The number of hydrogen-bond donors (Lipinski definition) is 0. The maximum Gasteiger partial charge on any atom is 0.410 e. The molecule has 1 aliphatic heterocycles. The molecule has 1 aromatic carbocycles. The van der Waals surface area contributed by atoms with Crippen LogP contribution >= 0.6 is 11.6 Å². The molecule has 1 unspecified atom stereocenters. The third-order valence-corrected chi connectivity index (χ3v) is 7.85. The van der Waals surface area contributed by atoms with Crippen molar-refractivity contribution in [1.82, 2.24) is 9.80 Å². The summed E-state index contributed by atoms with van der Waals surface area (Å²) >= 11 is 5.78. The number of aryl methyl sites for hydroxylation is 1. The quantitative estimate of drug-likeness (QED) is 0.178. The van der Waals surface area contributed by atoms with Gasteiger partial charge in [0.25, 0.3) is 0 Å². The molecule has 6 heteroatoms. The SMILES string of the molecule is CCCCC.CCCc1cccc(Cl)c1.C\C=C(C(/C(C)=N/C=C/CC)=C(/C)N1CCN(C(=O)OC(C)(C)C)CC1)\C(C)CC. The van der Waals surface area contributed by atoms with Crippen LogP contribution in [0.4, 0.5) is 4.79 Å². The maximum atomic E-state index is 12.4. The van der Waals surface area contributed by atoms with Crippen molar-refractivity contribution in [3.05, 3.63) is 70.0 Å². The minimum atomic E-state index is -0.464. The Morgan fingerprint density at radius 3 is 2.04 bits per heavy atom. The fourth-order valence-corrected chi connectivity index (χ4v) is 5.17. The number of rotatable bonds is 11. The minimum Gasteiger partial charge on any atom is -0.444 e. The van der Waals surface area contributed by atoms with E-state index in [0.717, 1.165) is 43.1 Å². The second-order valence-corrected chi connectivity index (χ2v) is 13.1. The Morgan fingerprint density at radius 2 is 1.60 bits per heavy atom. The summed E-state index contributed by atoms with van der Waals surface area (Å²) in [6.45, 7) is 28.3. The van der Waals surface area contributed by atoms with Crippen LogP contribution in [0.15, 0.2) is 64.5 Å². The van der Waals surface area contributed by atoms with E-state index < -0.39 is 5.60 Å². The molecule has 0 saturated carbocycles. The molecule has 1 amide bonds. The van der Waals surface area contributed by atoms with Crippen molar-refractivity contribution in [2.24, 2.45) is 10.9 Å². The van der Waals surface area contributed by atoms with E-state index in [4.69, 9.17) is 21.3 Å². The molecule has 0 radical (unpaired) electrons. The van der Waals surface area contributed by atoms with Gasteiger partial charge in [-0.05, 0) is 90.0 Å². The predicted octanol–water partition coefficient (Wildman–Crippen LogP) is 11.7. The molecule has 0 aliphatic carbocycles. The summed E-state index contributed by atoms with van der Waals surface area (Å²) in [4.78, 5) is 21.3. The van der Waals surface area contributed by atoms with Crippen LogP contribution in [0, 0.1) is 5.92 Å². The Labute approximate surface area is 282 Å². The maximum absolute atomic E-state index is 12.4. The van der Waals surface area contributed by atoms with Gasteiger partial charge in [-0.25, -0.2) is 4.79 Å². The van der Waals surface area contributed by atoms with E-state index in [9.17, 15) is 4.79 Å². The molecule has 1 saturated heterocycles. The molecule has 5 nitrogen and oxygen atoms in total. The zero-order valence-corrected chi connectivity index (χ0v) is 31.7. The third kappa shape index (κ3) is 17.7. The van der Waals surface area contributed by atoms with E-state index in [1.807, 2.05) is 50.1 Å². The van der Waals surface area contributed by atoms with Crippen LogP contribution in [-0.2, 0) is 11.2 Å². The number of piperazine rings is 1. The number of hydrogen-bond acceptors (Lipinski definition) is 4. The summed E-state index contributed by atoms with van der Waals surface area (Å²) in [6, 6.07) is 8.02. The number of benzene rings is 1. The molecule has 0 spiro atoms. The molecule has 0 bridgehead atoms. The van der Waals surface area contributed by atoms with Crippen LogP contribution < -0.4 is 0 Å². The molecule has 0 N–H and O–H groups in total. The zero-order chi connectivity index (χ0) is 34.4. The van der Waals surface area contributed by atoms with E-state index in [1.54, 1.807) is 0 Å². The number of halogens is 1. The number of carbonyl (C=O) groups excluding carboxylic acids is 1. The Morgan fingerprint density at radius 1 is 1.00 bits per heavy atom. The fourth-order valence-electron chi connectivity index (χ4n) is 4.95. The van der Waals surface area contributed by atoms with Gasteiger partial charge in [0.2, 0.25) is 0 Å². The number of amides is 1. The number of nitrogens with zero attached hydrogens (tertiary/aromatic N) is 3. The van der Waals surface area contributed by atoms with Crippen molar-refractivity contribution in [3.63, 3.8) is 0 Å². The Hall–Kier alpha value is -2.53. The van der Waals surface area contributed by atoms with Crippen LogP contribution in [0.5, 0.6) is 0 Å². The Balaban J connectivity index is 0.00000105. The van der Waals surface area contributed by atoms with Gasteiger partial charge >= 0.3 is 6.09 Å². The molecular formula is C39H66ClN3O2. The fraction of sp³-hybridized carbons (Fsp3) is 0.641. The van der Waals surface area contributed by atoms with E-state index in [0.29, 0.717) is 19.0 Å². The molecule has 0 aromatic heterocycles. The molecule has 1 aromatic rings. The molecule has 1 fully saturated rings. The van der Waals surface area contributed by atoms with Gasteiger partial charge in [0, 0.05) is 54.4 Å². The van der Waals surface area contributed by atoms with Crippen LogP contribution in [0.2, 0.25) is 5.02 Å². The largest absolute Gasteiger partial charge is 0.444 e. The molecule has 1 aliphatic rings. The van der Waals surface area contributed by atoms with Crippen molar-refractivity contribution in [3.8, 4) is 0 Å². The van der Waals surface area contributed by atoms with E-state index >= 15 is 0 Å². The van der Waals surface area contributed by atoms with E-state index in [2.05, 4.69) is 85.4 Å². The lowest BCUT2D eigenvalue weighted by atomic mass is 9.87. The molecule has 2 rings (SSSR count). The number of carbonyl (C=O) groups is 1. The summed E-state index contributed by atoms with van der Waals surface area (Å²) in [5.41, 5.74) is 5.72. The summed E-state index contributed by atoms with van der Waals surface area (Å²) in [7, 11) is 0. The van der Waals surface area contributed by atoms with Crippen molar-refractivity contribution in [2.45, 2.75) is 134 Å². The average Bonchev–Trinajstić information content (AvgIpc) is 2.99. The smallest absolute Gasteiger partial charge is 0.410 e. The van der Waals surface area contributed by atoms with Crippen LogP contribution in [0.25, 0.3) is 0 Å². The monoisotopic (exact) mass is 643 g/mol. The van der Waals surface area contributed by atoms with Crippen molar-refractivity contribution < 1.29 is 9.53 Å². The Bertz CT molecular complexity index is 1090. The van der Waals surface area contributed by atoms with Crippen molar-refractivity contribution in [1.29, 1.82) is 0 Å². The van der Waals surface area contributed by atoms with E-state index in [-0.39, 0.29) is 6.09 Å². The average molecular weight is 644 g/mol. The lowest BCUT2D eigenvalue weighted by molar-refractivity contribution is 0.0168. The molecule has 1 heterocycles. The van der Waals surface area contributed by atoms with Gasteiger partial charge in [-0.2, -0.15) is 0 Å². The molecule has 1 atom stereocenters. The van der Waals surface area contributed by atoms with Gasteiger partial charge in [0.05, 0.1) is 0 Å². The number of allylic oxidation sites excluding steroid dienone is 5. The Kier molecular flexibility index (Phi) is 22.4. The zero-order valence-electron chi connectivity index (χ0n) is 30.9. The highest BCUT2D eigenvalue weighted by Gasteiger charge is 2.27. The molecular weight excluding hydrogens is 578 g/mol. The van der Waals surface area contributed by atoms with E-state index in [1.165, 1.54) is 48.1 Å². The highest BCUT2D eigenvalue weighted by molar-refractivity contribution is 6.30. The highest BCUT2D eigenvalue weighted by Crippen LogP contribution is 2.29. The predicted molar refractivity (Wildman–Crippen MR) is 198 cm³/mol. The highest BCUT2D eigenvalue weighted by atomic mass is 35.5. The molecule has 256 valence electrons. The second kappa shape index (κ2) is 23.8. The summed E-state index contributed by atoms with van der Waals surface area (Å²) in [5.74, 6) is 0.461. The van der Waals surface area contributed by atoms with Gasteiger partial charge in [0.15, 0.2) is 0 Å². The second-order valence-electron chi connectivity index (χ2n) is 12.7. The summed E-state index contributed by atoms with van der Waals surface area (Å²) in [5, 5.41) is 0.839. The summed E-state index contributed by atoms with van der Waals surface area (Å²) in [6.07, 6.45) is 14.4. The van der Waals surface area contributed by atoms with Gasteiger partial charge in [-0.3, -0.25) is 4.99 Å². The first-order valence-electron chi connectivity index (χ1n) is 17.3. The summed E-state index contributed by atoms with van der Waals surface area (Å²) < 4.78 is 5.54. The first kappa shape index (κ1) is 42.5. The van der Waals surface area contributed by atoms with Crippen molar-refractivity contribution >= 4 is 23.4 Å². The van der Waals surface area contributed by atoms with Gasteiger partial charge < -0.3 is 14.5 Å². The van der Waals surface area contributed by atoms with Gasteiger partial charge in [0.1, 0.15) is 5.60 Å². The molecule has 45 heavy (non-hydrogen) atoms. The third-order valence-electron chi connectivity index (χ3n) is 7.62. The lowest BCUT2D eigenvalue weighted by Gasteiger charge is -2.38. The lowest BCUT2D eigenvalue weighted by Crippen LogP contribution is -2.49.